The zero-order valence-electron chi connectivity index (χ0n) is 15.2. The van der Waals surface area contributed by atoms with Gasteiger partial charge in [0, 0.05) is 57.2 Å². The average molecular weight is 396 g/mol. The van der Waals surface area contributed by atoms with E-state index in [1.165, 1.54) is 28.9 Å². The molecule has 0 bridgehead atoms. The van der Waals surface area contributed by atoms with Crippen molar-refractivity contribution in [2.75, 3.05) is 50.4 Å². The molecule has 7 nitrogen and oxygen atoms in total. The van der Waals surface area contributed by atoms with Crippen molar-refractivity contribution < 1.29 is 8.42 Å². The van der Waals surface area contributed by atoms with Gasteiger partial charge in [-0.2, -0.15) is 4.37 Å². The van der Waals surface area contributed by atoms with Gasteiger partial charge in [0.15, 0.2) is 0 Å². The van der Waals surface area contributed by atoms with Gasteiger partial charge in [-0.15, -0.1) is 0 Å². The molecule has 0 unspecified atom stereocenters. The van der Waals surface area contributed by atoms with Crippen LogP contribution in [0.15, 0.2) is 24.3 Å². The maximum Gasteiger partial charge on any atom is 0.208 e. The number of hydrogen-bond donors (Lipinski definition) is 1. The molecule has 1 saturated heterocycles. The number of benzene rings is 1. The van der Waals surface area contributed by atoms with E-state index in [1.54, 1.807) is 0 Å². The van der Waals surface area contributed by atoms with E-state index in [0.29, 0.717) is 6.54 Å². The summed E-state index contributed by atoms with van der Waals surface area (Å²) in [7, 11) is -3.11. The lowest BCUT2D eigenvalue weighted by Gasteiger charge is -2.34. The van der Waals surface area contributed by atoms with Crippen LogP contribution in [-0.2, 0) is 16.4 Å². The summed E-state index contributed by atoms with van der Waals surface area (Å²) in [6.07, 6.45) is 1.95. The molecule has 1 aliphatic heterocycles. The molecule has 26 heavy (non-hydrogen) atoms. The van der Waals surface area contributed by atoms with Crippen LogP contribution in [0.25, 0.3) is 0 Å². The zero-order valence-corrected chi connectivity index (χ0v) is 16.8. The number of nitrogens with zero attached hydrogens (tertiary/aromatic N) is 4. The lowest BCUT2D eigenvalue weighted by atomic mass is 10.1. The zero-order chi connectivity index (χ0) is 18.6. The first-order chi connectivity index (χ1) is 12.4. The van der Waals surface area contributed by atoms with Gasteiger partial charge >= 0.3 is 0 Å². The van der Waals surface area contributed by atoms with Crippen LogP contribution in [0.3, 0.4) is 0 Å². The average Bonchev–Trinajstić information content (AvgIpc) is 3.05. The van der Waals surface area contributed by atoms with Gasteiger partial charge in [-0.1, -0.05) is 29.8 Å². The topological polar surface area (TPSA) is 78.4 Å². The van der Waals surface area contributed by atoms with Crippen LogP contribution in [0.5, 0.6) is 0 Å². The van der Waals surface area contributed by atoms with Gasteiger partial charge in [0.25, 0.3) is 0 Å². The second-order valence-electron chi connectivity index (χ2n) is 6.65. The highest BCUT2D eigenvalue weighted by molar-refractivity contribution is 7.88. The number of sulfonamides is 1. The molecule has 1 aromatic carbocycles. The van der Waals surface area contributed by atoms with E-state index in [4.69, 9.17) is 4.98 Å². The van der Waals surface area contributed by atoms with Crippen LogP contribution < -0.4 is 9.62 Å². The monoisotopic (exact) mass is 395 g/mol. The van der Waals surface area contributed by atoms with Gasteiger partial charge in [0.1, 0.15) is 5.82 Å². The summed E-state index contributed by atoms with van der Waals surface area (Å²) in [5.41, 5.74) is 2.48. The third-order valence-electron chi connectivity index (χ3n) is 4.38. The summed E-state index contributed by atoms with van der Waals surface area (Å²) in [6.45, 7) is 6.85. The lowest BCUT2D eigenvalue weighted by molar-refractivity contribution is 0.262. The molecule has 3 rings (SSSR count). The van der Waals surface area contributed by atoms with Crippen LogP contribution in [0, 0.1) is 6.92 Å². The van der Waals surface area contributed by atoms with E-state index >= 15 is 0 Å². The molecule has 2 aromatic rings. The summed E-state index contributed by atoms with van der Waals surface area (Å²) in [5.74, 6) is 0.869. The molecule has 0 amide bonds. The predicted molar refractivity (Wildman–Crippen MR) is 105 cm³/mol. The van der Waals surface area contributed by atoms with Crippen molar-refractivity contribution in [3.8, 4) is 0 Å². The van der Waals surface area contributed by atoms with E-state index < -0.39 is 10.0 Å². The highest BCUT2D eigenvalue weighted by atomic mass is 32.2. The molecule has 0 radical (unpaired) electrons. The number of piperazine rings is 1. The Kier molecular flexibility index (Phi) is 6.23. The first-order valence-corrected chi connectivity index (χ1v) is 11.4. The van der Waals surface area contributed by atoms with Crippen molar-refractivity contribution in [2.24, 2.45) is 0 Å². The summed E-state index contributed by atoms with van der Waals surface area (Å²) < 4.78 is 29.3. The summed E-state index contributed by atoms with van der Waals surface area (Å²) in [4.78, 5) is 9.22. The number of anilines is 1. The Morgan fingerprint density at radius 3 is 2.50 bits per heavy atom. The SMILES string of the molecule is Cc1ccc(Cc2nsc(N3CCN(CCNS(C)(=O)=O)CC3)n2)cc1. The number of nitrogens with one attached hydrogen (secondary N) is 1. The van der Waals surface area contributed by atoms with Crippen LogP contribution >= 0.6 is 11.5 Å². The Morgan fingerprint density at radius 1 is 1.15 bits per heavy atom. The molecule has 0 atom stereocenters. The molecule has 0 saturated carbocycles. The minimum atomic E-state index is -3.11. The first-order valence-electron chi connectivity index (χ1n) is 8.69. The van der Waals surface area contributed by atoms with E-state index in [2.05, 4.69) is 50.1 Å². The molecule has 9 heteroatoms. The van der Waals surface area contributed by atoms with E-state index in [9.17, 15) is 8.42 Å². The molecule has 0 spiro atoms. The van der Waals surface area contributed by atoms with Crippen LogP contribution in [0.4, 0.5) is 5.13 Å². The maximum absolute atomic E-state index is 11.1. The normalized spacial score (nSPS) is 16.2. The number of aryl methyl sites for hydroxylation is 1. The van der Waals surface area contributed by atoms with Crippen LogP contribution in [0.1, 0.15) is 17.0 Å². The fraction of sp³-hybridized carbons (Fsp3) is 0.529. The number of rotatable bonds is 7. The second-order valence-corrected chi connectivity index (χ2v) is 9.21. The Hall–Kier alpha value is -1.55. The van der Waals surface area contributed by atoms with Crippen molar-refractivity contribution in [1.29, 1.82) is 0 Å². The molecule has 1 aliphatic rings. The van der Waals surface area contributed by atoms with Crippen molar-refractivity contribution >= 4 is 26.7 Å². The molecule has 1 fully saturated rings. The molecule has 1 aromatic heterocycles. The van der Waals surface area contributed by atoms with Crippen molar-refractivity contribution in [1.82, 2.24) is 19.0 Å². The maximum atomic E-state index is 11.1. The molecular weight excluding hydrogens is 370 g/mol. The highest BCUT2D eigenvalue weighted by Crippen LogP contribution is 2.20. The molecule has 0 aliphatic carbocycles. The number of hydrogen-bond acceptors (Lipinski definition) is 7. The Morgan fingerprint density at radius 2 is 1.85 bits per heavy atom. The highest BCUT2D eigenvalue weighted by Gasteiger charge is 2.20. The van der Waals surface area contributed by atoms with Gasteiger partial charge in [-0.05, 0) is 12.5 Å². The minimum Gasteiger partial charge on any atom is -0.344 e. The van der Waals surface area contributed by atoms with E-state index in [1.807, 2.05) is 0 Å². The first kappa shape index (κ1) is 19.2. The van der Waals surface area contributed by atoms with Gasteiger partial charge in [-0.3, -0.25) is 4.90 Å². The molecular formula is C17H25N5O2S2. The smallest absolute Gasteiger partial charge is 0.208 e. The summed E-state index contributed by atoms with van der Waals surface area (Å²) in [5, 5.41) is 0.973. The Balaban J connectivity index is 1.47. The van der Waals surface area contributed by atoms with Crippen LogP contribution in [0.2, 0.25) is 0 Å². The summed E-state index contributed by atoms with van der Waals surface area (Å²) in [6, 6.07) is 8.47. The summed E-state index contributed by atoms with van der Waals surface area (Å²) >= 11 is 1.46. The quantitative estimate of drug-likeness (QED) is 0.757. The van der Waals surface area contributed by atoms with E-state index in [-0.39, 0.29) is 0 Å². The van der Waals surface area contributed by atoms with Crippen molar-refractivity contribution in [2.45, 2.75) is 13.3 Å². The lowest BCUT2D eigenvalue weighted by Crippen LogP contribution is -2.48. The molecule has 142 valence electrons. The standard InChI is InChI=1S/C17H25N5O2S2/c1-14-3-5-15(6-4-14)13-16-19-17(25-20-16)22-11-9-21(10-12-22)8-7-18-26(2,23)24/h3-6,18H,7-13H2,1-2H3. The van der Waals surface area contributed by atoms with Crippen LogP contribution in [-0.4, -0.2) is 68.2 Å². The van der Waals surface area contributed by atoms with Gasteiger partial charge in [0.2, 0.25) is 15.2 Å². The third kappa shape index (κ3) is 5.73. The van der Waals surface area contributed by atoms with Gasteiger partial charge < -0.3 is 4.90 Å². The fourth-order valence-corrected chi connectivity index (χ4v) is 4.08. The molecule has 2 heterocycles. The number of aromatic nitrogens is 2. The minimum absolute atomic E-state index is 0.457. The van der Waals surface area contributed by atoms with Gasteiger partial charge in [-0.25, -0.2) is 18.1 Å². The van der Waals surface area contributed by atoms with Crippen molar-refractivity contribution in [3.63, 3.8) is 0 Å². The largest absolute Gasteiger partial charge is 0.344 e. The second kappa shape index (κ2) is 8.43. The Bertz CT molecular complexity index is 812. The van der Waals surface area contributed by atoms with E-state index in [0.717, 1.165) is 50.1 Å². The third-order valence-corrected chi connectivity index (χ3v) is 5.92. The van der Waals surface area contributed by atoms with Crippen molar-refractivity contribution in [3.05, 3.63) is 41.2 Å². The van der Waals surface area contributed by atoms with Gasteiger partial charge in [0.05, 0.1) is 6.26 Å². The molecule has 1 N–H and O–H groups in total. The predicted octanol–water partition coefficient (Wildman–Crippen LogP) is 1.11. The Labute approximate surface area is 159 Å². The fourth-order valence-electron chi connectivity index (χ4n) is 2.89.